The number of hydrogen-bond acceptors (Lipinski definition) is 3. The Hall–Kier alpha value is -1.97. The van der Waals surface area contributed by atoms with Gasteiger partial charge in [-0.15, -0.1) is 0 Å². The Labute approximate surface area is 99.7 Å². The van der Waals surface area contributed by atoms with Crippen LogP contribution in [0.1, 0.15) is 29.8 Å². The third-order valence-corrected chi connectivity index (χ3v) is 2.80. The molecule has 1 aromatic rings. The molecule has 4 nitrogen and oxygen atoms in total. The number of carbonyl (C=O) groups is 2. The first kappa shape index (κ1) is 11.5. The van der Waals surface area contributed by atoms with E-state index in [1.54, 1.807) is 24.4 Å². The predicted octanol–water partition coefficient (Wildman–Crippen LogP) is 1.49. The van der Waals surface area contributed by atoms with E-state index in [1.165, 1.54) is 0 Å². The number of hydrogen-bond donors (Lipinski definition) is 1. The van der Waals surface area contributed by atoms with Gasteiger partial charge in [-0.2, -0.15) is 0 Å². The molecular formula is C13H14N2O2. The molecule has 4 heteroatoms. The molecule has 0 bridgehead atoms. The van der Waals surface area contributed by atoms with Gasteiger partial charge in [-0.25, -0.2) is 0 Å². The zero-order valence-corrected chi connectivity index (χ0v) is 9.48. The van der Waals surface area contributed by atoms with Gasteiger partial charge in [-0.3, -0.25) is 14.6 Å². The molecule has 17 heavy (non-hydrogen) atoms. The standard InChI is InChI=1S/C13H14N2O2/c1-9-5-6-10(12(16)8-9)15-13(17)11-4-2-3-7-14-11/h2-4,7,10H,1,5-6,8H2,(H,15,17). The van der Waals surface area contributed by atoms with Gasteiger partial charge in [0, 0.05) is 12.6 Å². The molecule has 1 aliphatic rings. The van der Waals surface area contributed by atoms with E-state index < -0.39 is 6.04 Å². The maximum absolute atomic E-state index is 11.8. The zero-order valence-electron chi connectivity index (χ0n) is 9.48. The van der Waals surface area contributed by atoms with Crippen molar-refractivity contribution in [3.05, 3.63) is 42.2 Å². The van der Waals surface area contributed by atoms with E-state index in [0.717, 1.165) is 12.0 Å². The number of rotatable bonds is 2. The lowest BCUT2D eigenvalue weighted by atomic mass is 9.90. The second-order valence-corrected chi connectivity index (χ2v) is 4.17. The van der Waals surface area contributed by atoms with Gasteiger partial charge in [-0.1, -0.05) is 18.2 Å². The summed E-state index contributed by atoms with van der Waals surface area (Å²) in [4.78, 5) is 27.4. The lowest BCUT2D eigenvalue weighted by molar-refractivity contribution is -0.121. The Balaban J connectivity index is 2.00. The van der Waals surface area contributed by atoms with E-state index in [4.69, 9.17) is 0 Å². The van der Waals surface area contributed by atoms with E-state index >= 15 is 0 Å². The van der Waals surface area contributed by atoms with Crippen molar-refractivity contribution in [1.82, 2.24) is 10.3 Å². The van der Waals surface area contributed by atoms with Crippen molar-refractivity contribution in [3.63, 3.8) is 0 Å². The number of ketones is 1. The van der Waals surface area contributed by atoms with E-state index in [9.17, 15) is 9.59 Å². The molecule has 2 rings (SSSR count). The summed E-state index contributed by atoms with van der Waals surface area (Å²) in [5.41, 5.74) is 1.28. The number of nitrogens with zero attached hydrogens (tertiary/aromatic N) is 1. The van der Waals surface area contributed by atoms with Crippen LogP contribution in [0.15, 0.2) is 36.5 Å². The Kier molecular flexibility index (Phi) is 3.32. The fourth-order valence-corrected chi connectivity index (χ4v) is 1.85. The molecule has 1 aliphatic carbocycles. The van der Waals surface area contributed by atoms with Gasteiger partial charge >= 0.3 is 0 Å². The highest BCUT2D eigenvalue weighted by atomic mass is 16.2. The van der Waals surface area contributed by atoms with Crippen molar-refractivity contribution in [2.45, 2.75) is 25.3 Å². The second kappa shape index (κ2) is 4.91. The van der Waals surface area contributed by atoms with Crippen LogP contribution in [0.2, 0.25) is 0 Å². The molecular weight excluding hydrogens is 216 g/mol. The van der Waals surface area contributed by atoms with Gasteiger partial charge in [-0.05, 0) is 25.0 Å². The molecule has 1 aromatic heterocycles. The van der Waals surface area contributed by atoms with E-state index in [-0.39, 0.29) is 11.7 Å². The van der Waals surface area contributed by atoms with Crippen molar-refractivity contribution in [2.24, 2.45) is 0 Å². The van der Waals surface area contributed by atoms with Crippen LogP contribution in [-0.4, -0.2) is 22.7 Å². The third-order valence-electron chi connectivity index (χ3n) is 2.80. The van der Waals surface area contributed by atoms with Crippen molar-refractivity contribution < 1.29 is 9.59 Å². The average Bonchev–Trinajstić information content (AvgIpc) is 2.34. The number of allylic oxidation sites excluding steroid dienone is 1. The van der Waals surface area contributed by atoms with Gasteiger partial charge in [0.15, 0.2) is 5.78 Å². The average molecular weight is 230 g/mol. The van der Waals surface area contributed by atoms with Crippen LogP contribution in [-0.2, 0) is 4.79 Å². The monoisotopic (exact) mass is 230 g/mol. The summed E-state index contributed by atoms with van der Waals surface area (Å²) < 4.78 is 0. The first-order valence-electron chi connectivity index (χ1n) is 5.58. The maximum atomic E-state index is 11.8. The Morgan fingerprint density at radius 2 is 2.29 bits per heavy atom. The minimum Gasteiger partial charge on any atom is -0.341 e. The van der Waals surface area contributed by atoms with Crippen LogP contribution in [0, 0.1) is 0 Å². The number of pyridine rings is 1. The number of nitrogens with one attached hydrogen (secondary N) is 1. The van der Waals surface area contributed by atoms with Gasteiger partial charge < -0.3 is 5.32 Å². The summed E-state index contributed by atoms with van der Waals surface area (Å²) in [6, 6.07) is 4.72. The summed E-state index contributed by atoms with van der Waals surface area (Å²) in [5.74, 6) is -0.262. The van der Waals surface area contributed by atoms with Gasteiger partial charge in [0.1, 0.15) is 5.69 Å². The predicted molar refractivity (Wildman–Crippen MR) is 63.5 cm³/mol. The minimum absolute atomic E-state index is 0.0329. The summed E-state index contributed by atoms with van der Waals surface area (Å²) >= 11 is 0. The first-order chi connectivity index (χ1) is 8.16. The molecule has 88 valence electrons. The van der Waals surface area contributed by atoms with Crippen LogP contribution in [0.25, 0.3) is 0 Å². The topological polar surface area (TPSA) is 59.1 Å². The number of aromatic nitrogens is 1. The van der Waals surface area contributed by atoms with Crippen molar-refractivity contribution in [2.75, 3.05) is 0 Å². The van der Waals surface area contributed by atoms with E-state index in [2.05, 4.69) is 16.9 Å². The minimum atomic E-state index is -0.394. The first-order valence-corrected chi connectivity index (χ1v) is 5.58. The molecule has 1 heterocycles. The quantitative estimate of drug-likeness (QED) is 0.783. The number of carbonyl (C=O) groups excluding carboxylic acids is 2. The zero-order chi connectivity index (χ0) is 12.3. The van der Waals surface area contributed by atoms with Crippen molar-refractivity contribution in [1.29, 1.82) is 0 Å². The summed E-state index contributed by atoms with van der Waals surface area (Å²) in [5, 5.41) is 2.71. The molecule has 1 unspecified atom stereocenters. The van der Waals surface area contributed by atoms with Crippen LogP contribution < -0.4 is 5.32 Å². The number of Topliss-reactive ketones (excluding diaryl/α,β-unsaturated/α-hetero) is 1. The third kappa shape index (κ3) is 2.78. The molecule has 0 radical (unpaired) electrons. The lowest BCUT2D eigenvalue weighted by Gasteiger charge is -2.22. The second-order valence-electron chi connectivity index (χ2n) is 4.17. The molecule has 1 amide bonds. The Morgan fingerprint density at radius 1 is 1.47 bits per heavy atom. The molecule has 1 saturated carbocycles. The maximum Gasteiger partial charge on any atom is 0.270 e. The van der Waals surface area contributed by atoms with E-state index in [1.807, 2.05) is 0 Å². The molecule has 1 fully saturated rings. The van der Waals surface area contributed by atoms with Crippen LogP contribution >= 0.6 is 0 Å². The molecule has 0 saturated heterocycles. The van der Waals surface area contributed by atoms with Crippen LogP contribution in [0.5, 0.6) is 0 Å². The highest BCUT2D eigenvalue weighted by molar-refractivity contribution is 5.97. The SMILES string of the molecule is C=C1CCC(NC(=O)c2ccccn2)C(=O)C1. The van der Waals surface area contributed by atoms with Gasteiger partial charge in [0.2, 0.25) is 0 Å². The van der Waals surface area contributed by atoms with Crippen molar-refractivity contribution in [3.8, 4) is 0 Å². The summed E-state index contributed by atoms with van der Waals surface area (Å²) in [6.45, 7) is 3.79. The lowest BCUT2D eigenvalue weighted by Crippen LogP contribution is -2.43. The number of amides is 1. The fraction of sp³-hybridized carbons (Fsp3) is 0.308. The van der Waals surface area contributed by atoms with E-state index in [0.29, 0.717) is 18.5 Å². The van der Waals surface area contributed by atoms with Crippen LogP contribution in [0.4, 0.5) is 0 Å². The smallest absolute Gasteiger partial charge is 0.270 e. The Morgan fingerprint density at radius 3 is 2.94 bits per heavy atom. The summed E-state index contributed by atoms with van der Waals surface area (Å²) in [6.07, 6.45) is 3.35. The molecule has 1 atom stereocenters. The largest absolute Gasteiger partial charge is 0.341 e. The van der Waals surface area contributed by atoms with Crippen molar-refractivity contribution >= 4 is 11.7 Å². The van der Waals surface area contributed by atoms with Gasteiger partial charge in [0.25, 0.3) is 5.91 Å². The molecule has 0 aliphatic heterocycles. The Bertz CT molecular complexity index is 454. The normalized spacial score (nSPS) is 20.1. The highest BCUT2D eigenvalue weighted by Crippen LogP contribution is 2.19. The molecule has 0 spiro atoms. The molecule has 1 N–H and O–H groups in total. The van der Waals surface area contributed by atoms with Gasteiger partial charge in [0.05, 0.1) is 6.04 Å². The summed E-state index contributed by atoms with van der Waals surface area (Å²) in [7, 11) is 0. The van der Waals surface area contributed by atoms with Crippen LogP contribution in [0.3, 0.4) is 0 Å². The fourth-order valence-electron chi connectivity index (χ4n) is 1.85. The molecule has 0 aromatic carbocycles. The highest BCUT2D eigenvalue weighted by Gasteiger charge is 2.25.